The summed E-state index contributed by atoms with van der Waals surface area (Å²) in [5.74, 6) is -1.33. The molecule has 0 amide bonds. The molecular weight excluding hydrogens is 314 g/mol. The number of nitrogens with zero attached hydrogens (tertiary/aromatic N) is 4. The van der Waals surface area contributed by atoms with Crippen molar-refractivity contribution in [3.63, 3.8) is 0 Å². The first-order chi connectivity index (χ1) is 11.5. The predicted octanol–water partition coefficient (Wildman–Crippen LogP) is 1.55. The molecule has 1 aliphatic rings. The molecule has 0 spiro atoms. The zero-order valence-electron chi connectivity index (χ0n) is 13.7. The van der Waals surface area contributed by atoms with Gasteiger partial charge in [0.05, 0.1) is 12.3 Å². The molecule has 3 rings (SSSR count). The summed E-state index contributed by atoms with van der Waals surface area (Å²) in [6, 6.07) is 3.30. The third kappa shape index (κ3) is 4.17. The Labute approximate surface area is 140 Å². The molecule has 5 nitrogen and oxygen atoms in total. The lowest BCUT2D eigenvalue weighted by atomic mass is 10.1. The van der Waals surface area contributed by atoms with E-state index in [1.165, 1.54) is 17.7 Å². The lowest BCUT2D eigenvalue weighted by Gasteiger charge is -2.35. The maximum absolute atomic E-state index is 13.7. The Bertz CT molecular complexity index is 683. The van der Waals surface area contributed by atoms with E-state index in [4.69, 9.17) is 0 Å². The predicted molar refractivity (Wildman–Crippen MR) is 86.2 cm³/mol. The first kappa shape index (κ1) is 17.0. The minimum atomic E-state index is -0.949. The van der Waals surface area contributed by atoms with Gasteiger partial charge in [-0.25, -0.2) is 8.78 Å². The average Bonchev–Trinajstić information content (AvgIpc) is 2.94. The van der Waals surface area contributed by atoms with Gasteiger partial charge < -0.3 is 5.11 Å². The van der Waals surface area contributed by atoms with Gasteiger partial charge in [0.15, 0.2) is 0 Å². The van der Waals surface area contributed by atoms with Gasteiger partial charge in [0, 0.05) is 69.7 Å². The molecule has 7 heteroatoms. The van der Waals surface area contributed by atoms with Crippen molar-refractivity contribution >= 4 is 0 Å². The van der Waals surface area contributed by atoms with Crippen LogP contribution < -0.4 is 0 Å². The number of aliphatic hydroxyl groups is 1. The van der Waals surface area contributed by atoms with E-state index in [9.17, 15) is 13.9 Å². The van der Waals surface area contributed by atoms with Gasteiger partial charge in [0.25, 0.3) is 0 Å². The number of aryl methyl sites for hydroxylation is 1. The van der Waals surface area contributed by atoms with Gasteiger partial charge in [0.1, 0.15) is 11.6 Å². The van der Waals surface area contributed by atoms with E-state index in [1.807, 2.05) is 19.4 Å². The summed E-state index contributed by atoms with van der Waals surface area (Å²) in [6.45, 7) is 4.58. The van der Waals surface area contributed by atoms with Crippen molar-refractivity contribution in [2.24, 2.45) is 7.05 Å². The van der Waals surface area contributed by atoms with Crippen LogP contribution in [0.1, 0.15) is 17.2 Å². The molecule has 1 N–H and O–H groups in total. The van der Waals surface area contributed by atoms with Crippen LogP contribution in [0.2, 0.25) is 0 Å². The van der Waals surface area contributed by atoms with Crippen molar-refractivity contribution < 1.29 is 13.9 Å². The molecule has 0 bridgehead atoms. The van der Waals surface area contributed by atoms with Crippen molar-refractivity contribution in [3.05, 3.63) is 53.4 Å². The number of piperazine rings is 1. The minimum Gasteiger partial charge on any atom is -0.387 e. The van der Waals surface area contributed by atoms with E-state index in [1.54, 1.807) is 4.68 Å². The summed E-state index contributed by atoms with van der Waals surface area (Å²) in [6.07, 6.45) is 2.93. The third-order valence-electron chi connectivity index (χ3n) is 4.38. The molecule has 0 aliphatic carbocycles. The topological polar surface area (TPSA) is 44.5 Å². The van der Waals surface area contributed by atoms with Gasteiger partial charge >= 0.3 is 0 Å². The Morgan fingerprint density at radius 1 is 1.17 bits per heavy atom. The summed E-state index contributed by atoms with van der Waals surface area (Å²) >= 11 is 0. The summed E-state index contributed by atoms with van der Waals surface area (Å²) in [5, 5.41) is 14.4. The lowest BCUT2D eigenvalue weighted by molar-refractivity contribution is 0.0684. The molecule has 2 aromatic rings. The van der Waals surface area contributed by atoms with Crippen LogP contribution >= 0.6 is 0 Å². The first-order valence-electron chi connectivity index (χ1n) is 8.06. The van der Waals surface area contributed by atoms with Crippen LogP contribution in [0, 0.1) is 11.6 Å². The average molecular weight is 336 g/mol. The van der Waals surface area contributed by atoms with Gasteiger partial charge in [-0.2, -0.15) is 5.10 Å². The quantitative estimate of drug-likeness (QED) is 0.900. The molecule has 24 heavy (non-hydrogen) atoms. The fraction of sp³-hybridized carbons (Fsp3) is 0.471. The lowest BCUT2D eigenvalue weighted by Crippen LogP contribution is -2.47. The number of halogens is 2. The van der Waals surface area contributed by atoms with Crippen LogP contribution in [-0.4, -0.2) is 57.4 Å². The Hall–Kier alpha value is -1.83. The van der Waals surface area contributed by atoms with Gasteiger partial charge in [0.2, 0.25) is 0 Å². The van der Waals surface area contributed by atoms with E-state index >= 15 is 0 Å². The van der Waals surface area contributed by atoms with Gasteiger partial charge in [-0.15, -0.1) is 0 Å². The Morgan fingerprint density at radius 3 is 2.50 bits per heavy atom. The van der Waals surface area contributed by atoms with Gasteiger partial charge in [-0.05, 0) is 6.07 Å². The number of aliphatic hydroxyl groups excluding tert-OH is 1. The smallest absolute Gasteiger partial charge is 0.131 e. The largest absolute Gasteiger partial charge is 0.387 e. The number of aromatic nitrogens is 2. The highest BCUT2D eigenvalue weighted by molar-refractivity contribution is 5.21. The molecule has 0 unspecified atom stereocenters. The summed E-state index contributed by atoms with van der Waals surface area (Å²) in [7, 11) is 1.90. The van der Waals surface area contributed by atoms with Gasteiger partial charge in [-0.3, -0.25) is 14.5 Å². The second-order valence-electron chi connectivity index (χ2n) is 6.28. The van der Waals surface area contributed by atoms with Crippen LogP contribution in [-0.2, 0) is 13.6 Å². The number of rotatable bonds is 5. The normalized spacial score (nSPS) is 18.0. The second-order valence-corrected chi connectivity index (χ2v) is 6.28. The minimum absolute atomic E-state index is 0.147. The number of benzene rings is 1. The Balaban J connectivity index is 1.49. The van der Waals surface area contributed by atoms with Gasteiger partial charge in [-0.1, -0.05) is 6.07 Å². The summed E-state index contributed by atoms with van der Waals surface area (Å²) in [5.41, 5.74) is 1.33. The molecule has 1 aromatic heterocycles. The van der Waals surface area contributed by atoms with Crippen molar-refractivity contribution in [3.8, 4) is 0 Å². The van der Waals surface area contributed by atoms with E-state index < -0.39 is 17.7 Å². The molecule has 1 aliphatic heterocycles. The molecule has 1 fully saturated rings. The SMILES string of the molecule is Cn1cc(CN2CCN(C[C@H](O)c3ccc(F)cc3F)CC2)cn1. The highest BCUT2D eigenvalue weighted by Crippen LogP contribution is 2.20. The Kier molecular flexibility index (Phi) is 5.23. The molecular formula is C17H22F2N4O. The maximum atomic E-state index is 13.7. The summed E-state index contributed by atoms with van der Waals surface area (Å²) in [4.78, 5) is 4.44. The van der Waals surface area contributed by atoms with Crippen molar-refractivity contribution in [2.75, 3.05) is 32.7 Å². The van der Waals surface area contributed by atoms with E-state index in [2.05, 4.69) is 14.9 Å². The van der Waals surface area contributed by atoms with Crippen LogP contribution in [0.25, 0.3) is 0 Å². The fourth-order valence-electron chi connectivity index (χ4n) is 3.06. The van der Waals surface area contributed by atoms with Crippen LogP contribution in [0.3, 0.4) is 0 Å². The fourth-order valence-corrected chi connectivity index (χ4v) is 3.06. The summed E-state index contributed by atoms with van der Waals surface area (Å²) < 4.78 is 28.5. The van der Waals surface area contributed by atoms with E-state index in [0.29, 0.717) is 6.54 Å². The standard InChI is InChI=1S/C17H22F2N4O/c1-21-10-13(9-20-21)11-22-4-6-23(7-5-22)12-17(24)15-3-2-14(18)8-16(15)19/h2-3,8-10,17,24H,4-7,11-12H2,1H3/t17-/m0/s1. The molecule has 130 valence electrons. The number of hydrogen-bond acceptors (Lipinski definition) is 4. The number of β-amino-alcohol motifs (C(OH)–C–C–N with tert-alkyl or cyclic N) is 1. The highest BCUT2D eigenvalue weighted by Gasteiger charge is 2.22. The van der Waals surface area contributed by atoms with Crippen molar-refractivity contribution in [1.82, 2.24) is 19.6 Å². The molecule has 0 radical (unpaired) electrons. The van der Waals surface area contributed by atoms with E-state index in [0.717, 1.165) is 38.8 Å². The first-order valence-corrected chi connectivity index (χ1v) is 8.06. The zero-order chi connectivity index (χ0) is 17.1. The van der Waals surface area contributed by atoms with Crippen LogP contribution in [0.4, 0.5) is 8.78 Å². The number of hydrogen-bond donors (Lipinski definition) is 1. The zero-order valence-corrected chi connectivity index (χ0v) is 13.7. The third-order valence-corrected chi connectivity index (χ3v) is 4.38. The maximum Gasteiger partial charge on any atom is 0.131 e. The molecule has 2 heterocycles. The van der Waals surface area contributed by atoms with Crippen LogP contribution in [0.5, 0.6) is 0 Å². The molecule has 1 saturated heterocycles. The van der Waals surface area contributed by atoms with E-state index in [-0.39, 0.29) is 5.56 Å². The molecule has 0 saturated carbocycles. The second kappa shape index (κ2) is 7.38. The van der Waals surface area contributed by atoms with Crippen molar-refractivity contribution in [1.29, 1.82) is 0 Å². The van der Waals surface area contributed by atoms with Crippen LogP contribution in [0.15, 0.2) is 30.6 Å². The van der Waals surface area contributed by atoms with Crippen molar-refractivity contribution in [2.45, 2.75) is 12.6 Å². The highest BCUT2D eigenvalue weighted by atomic mass is 19.1. The molecule has 1 aromatic carbocycles. The molecule has 1 atom stereocenters. The Morgan fingerprint density at radius 2 is 1.88 bits per heavy atom. The monoisotopic (exact) mass is 336 g/mol.